The maximum atomic E-state index is 11.6. The van der Waals surface area contributed by atoms with Crippen molar-refractivity contribution >= 4 is 17.2 Å². The zero-order valence-corrected chi connectivity index (χ0v) is 11.4. The molecular formula is C15H17NO4. The molecule has 0 fully saturated rings. The molecule has 0 spiro atoms. The normalized spacial score (nSPS) is 18.2. The predicted octanol–water partition coefficient (Wildman–Crippen LogP) is 3.34. The molecule has 0 aliphatic heterocycles. The topological polar surface area (TPSA) is 69.4 Å². The van der Waals surface area contributed by atoms with Gasteiger partial charge in [-0.25, -0.2) is 0 Å². The van der Waals surface area contributed by atoms with Crippen molar-refractivity contribution in [2.45, 2.75) is 26.2 Å². The summed E-state index contributed by atoms with van der Waals surface area (Å²) in [6, 6.07) is 6.53. The van der Waals surface area contributed by atoms with Crippen LogP contribution in [0.1, 0.15) is 31.7 Å². The molecule has 1 aromatic carbocycles. The minimum atomic E-state index is -0.407. The van der Waals surface area contributed by atoms with Crippen molar-refractivity contribution < 1.29 is 14.5 Å². The summed E-state index contributed by atoms with van der Waals surface area (Å²) >= 11 is 0. The molecule has 5 nitrogen and oxygen atoms in total. The Morgan fingerprint density at radius 1 is 1.40 bits per heavy atom. The van der Waals surface area contributed by atoms with E-state index in [-0.39, 0.29) is 17.6 Å². The van der Waals surface area contributed by atoms with E-state index in [1.54, 1.807) is 19.1 Å². The highest BCUT2D eigenvalue weighted by Gasteiger charge is 2.23. The molecule has 1 unspecified atom stereocenters. The van der Waals surface area contributed by atoms with Crippen molar-refractivity contribution in [3.05, 3.63) is 46.0 Å². The van der Waals surface area contributed by atoms with Gasteiger partial charge in [0.1, 0.15) is 0 Å². The van der Waals surface area contributed by atoms with E-state index in [2.05, 4.69) is 0 Å². The molecule has 0 N–H and O–H groups in total. The van der Waals surface area contributed by atoms with Gasteiger partial charge in [-0.3, -0.25) is 14.9 Å². The van der Waals surface area contributed by atoms with E-state index in [4.69, 9.17) is 4.74 Å². The van der Waals surface area contributed by atoms with E-state index in [0.29, 0.717) is 13.0 Å². The van der Waals surface area contributed by atoms with E-state index in [0.717, 1.165) is 24.0 Å². The molecule has 1 aromatic rings. The van der Waals surface area contributed by atoms with Gasteiger partial charge in [0.15, 0.2) is 0 Å². The van der Waals surface area contributed by atoms with Gasteiger partial charge in [0, 0.05) is 12.1 Å². The number of nitro benzene ring substituents is 1. The van der Waals surface area contributed by atoms with Crippen molar-refractivity contribution in [3.8, 4) is 0 Å². The average Bonchev–Trinajstić information content (AvgIpc) is 2.48. The fourth-order valence-electron chi connectivity index (χ4n) is 2.37. The molecule has 1 aliphatic rings. The molecule has 1 aliphatic carbocycles. The van der Waals surface area contributed by atoms with Crippen LogP contribution in [0.25, 0.3) is 5.57 Å². The molecule has 0 saturated heterocycles. The first-order valence-corrected chi connectivity index (χ1v) is 6.72. The van der Waals surface area contributed by atoms with Crippen LogP contribution >= 0.6 is 0 Å². The third kappa shape index (κ3) is 3.23. The van der Waals surface area contributed by atoms with Gasteiger partial charge in [-0.15, -0.1) is 0 Å². The van der Waals surface area contributed by atoms with Gasteiger partial charge in [-0.05, 0) is 49.5 Å². The molecule has 2 rings (SSSR count). The fraction of sp³-hybridized carbons (Fsp3) is 0.400. The summed E-state index contributed by atoms with van der Waals surface area (Å²) in [6.45, 7) is 2.22. The number of nitrogens with zero attached hydrogens (tertiary/aromatic N) is 1. The summed E-state index contributed by atoms with van der Waals surface area (Å²) in [4.78, 5) is 21.8. The Kier molecular flexibility index (Phi) is 4.50. The number of rotatable bonds is 4. The summed E-state index contributed by atoms with van der Waals surface area (Å²) < 4.78 is 5.02. The molecule has 1 atom stereocenters. The highest BCUT2D eigenvalue weighted by Crippen LogP contribution is 2.31. The Hall–Kier alpha value is -2.17. The largest absolute Gasteiger partial charge is 0.466 e. The van der Waals surface area contributed by atoms with Gasteiger partial charge < -0.3 is 4.74 Å². The second-order valence-corrected chi connectivity index (χ2v) is 4.76. The number of ether oxygens (including phenoxy) is 1. The van der Waals surface area contributed by atoms with Gasteiger partial charge in [-0.1, -0.05) is 6.08 Å². The van der Waals surface area contributed by atoms with Gasteiger partial charge in [0.2, 0.25) is 0 Å². The summed E-state index contributed by atoms with van der Waals surface area (Å²) in [5, 5.41) is 10.6. The molecular weight excluding hydrogens is 258 g/mol. The van der Waals surface area contributed by atoms with Gasteiger partial charge in [-0.2, -0.15) is 0 Å². The molecule has 20 heavy (non-hydrogen) atoms. The maximum absolute atomic E-state index is 11.6. The first-order valence-electron chi connectivity index (χ1n) is 6.72. The smallest absolute Gasteiger partial charge is 0.309 e. The average molecular weight is 275 g/mol. The van der Waals surface area contributed by atoms with Crippen LogP contribution in [0.15, 0.2) is 30.3 Å². The Labute approximate surface area is 117 Å². The molecule has 0 heterocycles. The van der Waals surface area contributed by atoms with Crippen LogP contribution in [0.2, 0.25) is 0 Å². The van der Waals surface area contributed by atoms with Crippen molar-refractivity contribution in [2.24, 2.45) is 5.92 Å². The lowest BCUT2D eigenvalue weighted by Gasteiger charge is -2.20. The zero-order valence-electron chi connectivity index (χ0n) is 11.4. The van der Waals surface area contributed by atoms with Gasteiger partial charge in [0.05, 0.1) is 17.4 Å². The predicted molar refractivity (Wildman–Crippen MR) is 75.0 cm³/mol. The minimum absolute atomic E-state index is 0.0586. The SMILES string of the molecule is CCOC(=O)C1CC=C(c2ccc([N+](=O)[O-])cc2)CC1. The Morgan fingerprint density at radius 2 is 2.10 bits per heavy atom. The molecule has 106 valence electrons. The molecule has 0 saturated carbocycles. The summed E-state index contributed by atoms with van der Waals surface area (Å²) in [6.07, 6.45) is 4.26. The number of carbonyl (C=O) groups excluding carboxylic acids is 1. The van der Waals surface area contributed by atoms with Crippen LogP contribution in [0.3, 0.4) is 0 Å². The number of hydrogen-bond donors (Lipinski definition) is 0. The first kappa shape index (κ1) is 14.2. The number of benzene rings is 1. The lowest BCUT2D eigenvalue weighted by molar-refractivity contribution is -0.384. The lowest BCUT2D eigenvalue weighted by Crippen LogP contribution is -2.19. The highest BCUT2D eigenvalue weighted by atomic mass is 16.6. The Morgan fingerprint density at radius 3 is 2.60 bits per heavy atom. The lowest BCUT2D eigenvalue weighted by atomic mass is 9.86. The third-order valence-electron chi connectivity index (χ3n) is 3.48. The van der Waals surface area contributed by atoms with Crippen LogP contribution in [-0.4, -0.2) is 17.5 Å². The summed E-state index contributed by atoms with van der Waals surface area (Å²) in [5.41, 5.74) is 2.22. The van der Waals surface area contributed by atoms with E-state index < -0.39 is 4.92 Å². The second-order valence-electron chi connectivity index (χ2n) is 4.76. The second kappa shape index (κ2) is 6.32. The third-order valence-corrected chi connectivity index (χ3v) is 3.48. The molecule has 0 bridgehead atoms. The number of non-ortho nitro benzene ring substituents is 1. The van der Waals surface area contributed by atoms with Crippen LogP contribution in [0.4, 0.5) is 5.69 Å². The standard InChI is InChI=1S/C15H17NO4/c1-2-20-15(17)13-5-3-11(4-6-13)12-7-9-14(10-8-12)16(18)19/h3,7-10,13H,2,4-6H2,1H3. The van der Waals surface area contributed by atoms with Crippen molar-refractivity contribution in [1.82, 2.24) is 0 Å². The fourth-order valence-corrected chi connectivity index (χ4v) is 2.37. The minimum Gasteiger partial charge on any atom is -0.466 e. The van der Waals surface area contributed by atoms with Crippen LogP contribution in [-0.2, 0) is 9.53 Å². The number of nitro groups is 1. The monoisotopic (exact) mass is 275 g/mol. The molecule has 0 radical (unpaired) electrons. The first-order chi connectivity index (χ1) is 9.61. The van der Waals surface area contributed by atoms with Crippen molar-refractivity contribution in [3.63, 3.8) is 0 Å². The summed E-state index contributed by atoms with van der Waals surface area (Å²) in [7, 11) is 0. The van der Waals surface area contributed by atoms with Crippen LogP contribution < -0.4 is 0 Å². The Bertz CT molecular complexity index is 533. The maximum Gasteiger partial charge on any atom is 0.309 e. The van der Waals surface area contributed by atoms with Crippen molar-refractivity contribution in [2.75, 3.05) is 6.61 Å². The summed E-state index contributed by atoms with van der Waals surface area (Å²) in [5.74, 6) is -0.191. The number of esters is 1. The number of carbonyl (C=O) groups is 1. The van der Waals surface area contributed by atoms with Crippen LogP contribution in [0, 0.1) is 16.0 Å². The Balaban J connectivity index is 2.04. The van der Waals surface area contributed by atoms with E-state index in [9.17, 15) is 14.9 Å². The number of hydrogen-bond acceptors (Lipinski definition) is 4. The molecule has 5 heteroatoms. The highest BCUT2D eigenvalue weighted by molar-refractivity contribution is 5.75. The molecule has 0 amide bonds. The van der Waals surface area contributed by atoms with E-state index in [1.165, 1.54) is 12.1 Å². The van der Waals surface area contributed by atoms with E-state index in [1.807, 2.05) is 6.08 Å². The zero-order chi connectivity index (χ0) is 14.5. The van der Waals surface area contributed by atoms with Gasteiger partial charge in [0.25, 0.3) is 5.69 Å². The number of allylic oxidation sites excluding steroid dienone is 2. The van der Waals surface area contributed by atoms with Crippen LogP contribution in [0.5, 0.6) is 0 Å². The van der Waals surface area contributed by atoms with Gasteiger partial charge >= 0.3 is 5.97 Å². The molecule has 0 aromatic heterocycles. The van der Waals surface area contributed by atoms with Crippen molar-refractivity contribution in [1.29, 1.82) is 0 Å². The quantitative estimate of drug-likeness (QED) is 0.480. The van der Waals surface area contributed by atoms with E-state index >= 15 is 0 Å².